The maximum atomic E-state index is 12.4. The number of nitrogens with two attached hydrogens (primary N) is 1. The summed E-state index contributed by atoms with van der Waals surface area (Å²) in [5.41, 5.74) is 1.41. The first kappa shape index (κ1) is 19.5. The molecule has 0 saturated heterocycles. The number of aryl methyl sites for hydroxylation is 1. The summed E-state index contributed by atoms with van der Waals surface area (Å²) in [5.74, 6) is 0.611. The zero-order valence-electron chi connectivity index (χ0n) is 14.6. The van der Waals surface area contributed by atoms with Crippen molar-refractivity contribution in [3.8, 4) is 11.5 Å². The molecule has 2 aromatic carbocycles. The summed E-state index contributed by atoms with van der Waals surface area (Å²) in [6, 6.07) is 7.80. The van der Waals surface area contributed by atoms with Crippen LogP contribution in [-0.4, -0.2) is 27.5 Å². The van der Waals surface area contributed by atoms with E-state index in [2.05, 4.69) is 5.32 Å². The third-order valence-corrected chi connectivity index (χ3v) is 5.41. The summed E-state index contributed by atoms with van der Waals surface area (Å²) >= 11 is 6.24. The van der Waals surface area contributed by atoms with Crippen LogP contribution in [0.1, 0.15) is 27.9 Å². The van der Waals surface area contributed by atoms with E-state index in [-0.39, 0.29) is 17.0 Å². The number of benzene rings is 2. The minimum atomic E-state index is -3.90. The van der Waals surface area contributed by atoms with Gasteiger partial charge in [0.25, 0.3) is 5.91 Å². The number of amides is 1. The highest BCUT2D eigenvalue weighted by Crippen LogP contribution is 2.37. The number of rotatable bonds is 4. The summed E-state index contributed by atoms with van der Waals surface area (Å²) in [7, 11) is -3.90. The lowest BCUT2D eigenvalue weighted by Crippen LogP contribution is -2.23. The normalized spacial score (nSPS) is 13.7. The van der Waals surface area contributed by atoms with Crippen LogP contribution < -0.4 is 19.9 Å². The zero-order chi connectivity index (χ0) is 19.6. The molecule has 7 nitrogen and oxygen atoms in total. The van der Waals surface area contributed by atoms with Crippen molar-refractivity contribution in [3.63, 3.8) is 0 Å². The van der Waals surface area contributed by atoms with Crippen LogP contribution in [0.5, 0.6) is 11.5 Å². The molecular weight excluding hydrogens is 392 g/mol. The maximum absolute atomic E-state index is 12.4. The van der Waals surface area contributed by atoms with Crippen molar-refractivity contribution in [3.05, 3.63) is 52.0 Å². The van der Waals surface area contributed by atoms with Gasteiger partial charge in [-0.15, -0.1) is 0 Å². The number of ether oxygens (including phenoxy) is 2. The molecular formula is C18H19ClN2O5S. The van der Waals surface area contributed by atoms with Crippen LogP contribution >= 0.6 is 11.6 Å². The van der Waals surface area contributed by atoms with Gasteiger partial charge < -0.3 is 14.8 Å². The lowest BCUT2D eigenvalue weighted by atomic mass is 10.1. The zero-order valence-corrected chi connectivity index (χ0v) is 16.2. The Bertz CT molecular complexity index is 991. The van der Waals surface area contributed by atoms with E-state index < -0.39 is 15.9 Å². The minimum absolute atomic E-state index is 0.0752. The average Bonchev–Trinajstić information content (AvgIpc) is 2.85. The van der Waals surface area contributed by atoms with Gasteiger partial charge >= 0.3 is 0 Å². The third-order valence-electron chi connectivity index (χ3n) is 4.07. The first-order valence-corrected chi connectivity index (χ1v) is 10.2. The second-order valence-electron chi connectivity index (χ2n) is 6.16. The number of halogens is 1. The summed E-state index contributed by atoms with van der Waals surface area (Å²) in [6.45, 7) is 2.86. The summed E-state index contributed by atoms with van der Waals surface area (Å²) in [4.78, 5) is 12.3. The second kappa shape index (κ2) is 7.75. The lowest BCUT2D eigenvalue weighted by Gasteiger charge is -2.12. The lowest BCUT2D eigenvalue weighted by molar-refractivity contribution is 0.0950. The Balaban J connectivity index is 1.77. The smallest absolute Gasteiger partial charge is 0.251 e. The molecule has 9 heteroatoms. The Morgan fingerprint density at radius 3 is 2.70 bits per heavy atom. The van der Waals surface area contributed by atoms with E-state index in [9.17, 15) is 13.2 Å². The summed E-state index contributed by atoms with van der Waals surface area (Å²) < 4.78 is 34.4. The van der Waals surface area contributed by atoms with E-state index in [0.717, 1.165) is 12.0 Å². The molecule has 27 heavy (non-hydrogen) atoms. The van der Waals surface area contributed by atoms with E-state index in [0.29, 0.717) is 35.3 Å². The van der Waals surface area contributed by atoms with Gasteiger partial charge in [0, 0.05) is 18.5 Å². The van der Waals surface area contributed by atoms with Crippen LogP contribution in [0.25, 0.3) is 0 Å². The molecule has 0 atom stereocenters. The largest absolute Gasteiger partial charge is 0.489 e. The van der Waals surface area contributed by atoms with Gasteiger partial charge in [-0.3, -0.25) is 4.79 Å². The molecule has 0 unspecified atom stereocenters. The van der Waals surface area contributed by atoms with Crippen molar-refractivity contribution >= 4 is 27.5 Å². The minimum Gasteiger partial charge on any atom is -0.489 e. The molecule has 0 saturated carbocycles. The van der Waals surface area contributed by atoms with Crippen molar-refractivity contribution in [1.29, 1.82) is 0 Å². The number of hydrogen-bond donors (Lipinski definition) is 2. The predicted molar refractivity (Wildman–Crippen MR) is 101 cm³/mol. The van der Waals surface area contributed by atoms with Crippen LogP contribution in [0.4, 0.5) is 0 Å². The van der Waals surface area contributed by atoms with Gasteiger partial charge in [0.2, 0.25) is 10.0 Å². The molecule has 3 rings (SSSR count). The quantitative estimate of drug-likeness (QED) is 0.804. The number of carbonyl (C=O) groups excluding carboxylic acids is 1. The van der Waals surface area contributed by atoms with Crippen molar-refractivity contribution in [2.75, 3.05) is 13.2 Å². The van der Waals surface area contributed by atoms with E-state index in [1.165, 1.54) is 6.07 Å². The van der Waals surface area contributed by atoms with Crippen LogP contribution in [0.15, 0.2) is 35.2 Å². The number of nitrogens with one attached hydrogen (secondary N) is 1. The van der Waals surface area contributed by atoms with Gasteiger partial charge in [0.1, 0.15) is 0 Å². The number of sulfonamides is 1. The number of primary sulfonamides is 1. The maximum Gasteiger partial charge on any atom is 0.251 e. The highest BCUT2D eigenvalue weighted by molar-refractivity contribution is 7.89. The van der Waals surface area contributed by atoms with Gasteiger partial charge in [-0.2, -0.15) is 0 Å². The molecule has 0 spiro atoms. The van der Waals surface area contributed by atoms with Crippen LogP contribution in [0.2, 0.25) is 5.02 Å². The fraction of sp³-hybridized carbons (Fsp3) is 0.278. The van der Waals surface area contributed by atoms with Crippen LogP contribution in [-0.2, 0) is 16.6 Å². The predicted octanol–water partition coefficient (Wildman–Crippen LogP) is 2.39. The average molecular weight is 411 g/mol. The molecule has 3 N–H and O–H groups in total. The highest BCUT2D eigenvalue weighted by atomic mass is 35.5. The van der Waals surface area contributed by atoms with Crippen molar-refractivity contribution in [2.45, 2.75) is 24.8 Å². The SMILES string of the molecule is Cc1ccc(C(=O)NCc2cc(Cl)c3c(c2)OCCCO3)cc1S(N)(=O)=O. The Labute approximate surface area is 162 Å². The molecule has 0 bridgehead atoms. The molecule has 1 heterocycles. The molecule has 144 valence electrons. The second-order valence-corrected chi connectivity index (χ2v) is 8.10. The van der Waals surface area contributed by atoms with E-state index in [4.69, 9.17) is 26.2 Å². The van der Waals surface area contributed by atoms with Gasteiger partial charge in [-0.25, -0.2) is 13.6 Å². The fourth-order valence-corrected chi connectivity index (χ4v) is 3.81. The van der Waals surface area contributed by atoms with Crippen molar-refractivity contribution < 1.29 is 22.7 Å². The molecule has 0 fully saturated rings. The molecule has 0 aliphatic carbocycles. The Hall–Kier alpha value is -2.29. The molecule has 2 aromatic rings. The van der Waals surface area contributed by atoms with Gasteiger partial charge in [-0.1, -0.05) is 17.7 Å². The Morgan fingerprint density at radius 2 is 1.96 bits per heavy atom. The van der Waals surface area contributed by atoms with Crippen molar-refractivity contribution in [1.82, 2.24) is 5.32 Å². The standard InChI is InChI=1S/C18H19ClN2O5S/c1-11-3-4-13(9-16(11)27(20,23)24)18(22)21-10-12-7-14(19)17-15(8-12)25-5-2-6-26-17/h3-4,7-9H,2,5-6,10H2,1H3,(H,21,22)(H2,20,23,24). The van der Waals surface area contributed by atoms with Gasteiger partial charge in [0.05, 0.1) is 23.1 Å². The number of hydrogen-bond acceptors (Lipinski definition) is 5. The number of fused-ring (bicyclic) bond motifs is 1. The van der Waals surface area contributed by atoms with Gasteiger partial charge in [0.15, 0.2) is 11.5 Å². The van der Waals surface area contributed by atoms with E-state index in [1.54, 1.807) is 31.2 Å². The fourth-order valence-electron chi connectivity index (χ4n) is 2.72. The van der Waals surface area contributed by atoms with E-state index in [1.807, 2.05) is 0 Å². The monoisotopic (exact) mass is 410 g/mol. The van der Waals surface area contributed by atoms with E-state index >= 15 is 0 Å². The molecule has 0 aromatic heterocycles. The molecule has 1 aliphatic heterocycles. The first-order chi connectivity index (χ1) is 12.8. The van der Waals surface area contributed by atoms with Crippen LogP contribution in [0, 0.1) is 6.92 Å². The van der Waals surface area contributed by atoms with Crippen molar-refractivity contribution in [2.24, 2.45) is 5.14 Å². The molecule has 0 radical (unpaired) electrons. The highest BCUT2D eigenvalue weighted by Gasteiger charge is 2.17. The summed E-state index contributed by atoms with van der Waals surface area (Å²) in [6.07, 6.45) is 0.761. The topological polar surface area (TPSA) is 108 Å². The molecule has 1 aliphatic rings. The first-order valence-electron chi connectivity index (χ1n) is 8.25. The number of carbonyl (C=O) groups is 1. The Morgan fingerprint density at radius 1 is 1.22 bits per heavy atom. The molecule has 1 amide bonds. The van der Waals surface area contributed by atoms with Gasteiger partial charge in [-0.05, 0) is 42.3 Å². The summed E-state index contributed by atoms with van der Waals surface area (Å²) in [5, 5.41) is 8.33. The Kier molecular flexibility index (Phi) is 5.59. The van der Waals surface area contributed by atoms with Crippen LogP contribution in [0.3, 0.4) is 0 Å². The third kappa shape index (κ3) is 4.52.